The second-order valence-electron chi connectivity index (χ2n) is 4.77. The Bertz CT molecular complexity index is 304. The SMILES string of the molecule is CC.CC1NN=CC2=C1C1CC2CC1C. The van der Waals surface area contributed by atoms with Crippen LogP contribution in [0.5, 0.6) is 0 Å². The zero-order valence-corrected chi connectivity index (χ0v) is 10.2. The van der Waals surface area contributed by atoms with Crippen LogP contribution in [0.1, 0.15) is 40.5 Å². The summed E-state index contributed by atoms with van der Waals surface area (Å²) in [5.41, 5.74) is 6.40. The lowest BCUT2D eigenvalue weighted by Crippen LogP contribution is -2.32. The molecule has 3 aliphatic rings. The van der Waals surface area contributed by atoms with Gasteiger partial charge in [-0.05, 0) is 48.7 Å². The van der Waals surface area contributed by atoms with E-state index in [2.05, 4.69) is 30.6 Å². The number of hydrogen-bond donors (Lipinski definition) is 1. The molecule has 4 unspecified atom stereocenters. The van der Waals surface area contributed by atoms with Gasteiger partial charge in [-0.15, -0.1) is 0 Å². The van der Waals surface area contributed by atoms with E-state index in [1.165, 1.54) is 12.8 Å². The van der Waals surface area contributed by atoms with Crippen molar-refractivity contribution in [3.8, 4) is 0 Å². The van der Waals surface area contributed by atoms with E-state index in [4.69, 9.17) is 0 Å². The van der Waals surface area contributed by atoms with Crippen LogP contribution in [0.2, 0.25) is 0 Å². The van der Waals surface area contributed by atoms with Gasteiger partial charge in [-0.2, -0.15) is 5.10 Å². The Morgan fingerprint density at radius 3 is 2.73 bits per heavy atom. The highest BCUT2D eigenvalue weighted by Crippen LogP contribution is 2.52. The second-order valence-corrected chi connectivity index (χ2v) is 4.77. The third kappa shape index (κ3) is 1.51. The monoisotopic (exact) mass is 206 g/mol. The Morgan fingerprint density at radius 2 is 2.00 bits per heavy atom. The van der Waals surface area contributed by atoms with Gasteiger partial charge < -0.3 is 5.43 Å². The molecule has 1 aliphatic heterocycles. The van der Waals surface area contributed by atoms with Gasteiger partial charge in [0.25, 0.3) is 0 Å². The average Bonchev–Trinajstić information content (AvgIpc) is 2.79. The predicted octanol–water partition coefficient (Wildman–Crippen LogP) is 2.96. The number of nitrogens with zero attached hydrogens (tertiary/aromatic N) is 1. The van der Waals surface area contributed by atoms with Crippen molar-refractivity contribution in [2.24, 2.45) is 22.9 Å². The first-order chi connectivity index (χ1) is 7.27. The number of rotatable bonds is 0. The third-order valence-corrected chi connectivity index (χ3v) is 3.99. The molecule has 0 aromatic carbocycles. The van der Waals surface area contributed by atoms with Crippen molar-refractivity contribution in [3.05, 3.63) is 11.1 Å². The van der Waals surface area contributed by atoms with Crippen LogP contribution in [0.4, 0.5) is 0 Å². The topological polar surface area (TPSA) is 24.4 Å². The van der Waals surface area contributed by atoms with Crippen molar-refractivity contribution in [2.45, 2.75) is 46.6 Å². The molecule has 0 amide bonds. The number of hydrogen-bond acceptors (Lipinski definition) is 2. The Labute approximate surface area is 92.8 Å². The first kappa shape index (κ1) is 10.7. The Hall–Kier alpha value is -0.790. The van der Waals surface area contributed by atoms with Crippen LogP contribution in [0.25, 0.3) is 0 Å². The molecule has 1 saturated carbocycles. The number of hydrazone groups is 1. The van der Waals surface area contributed by atoms with Gasteiger partial charge in [0.2, 0.25) is 0 Å². The molecule has 2 bridgehead atoms. The van der Waals surface area contributed by atoms with Gasteiger partial charge in [-0.1, -0.05) is 20.8 Å². The van der Waals surface area contributed by atoms with Crippen molar-refractivity contribution < 1.29 is 0 Å². The highest BCUT2D eigenvalue weighted by atomic mass is 15.3. The molecule has 15 heavy (non-hydrogen) atoms. The summed E-state index contributed by atoms with van der Waals surface area (Å²) in [6.45, 7) is 8.63. The fourth-order valence-electron chi connectivity index (χ4n) is 3.42. The van der Waals surface area contributed by atoms with Crippen LogP contribution in [0.3, 0.4) is 0 Å². The summed E-state index contributed by atoms with van der Waals surface area (Å²) in [4.78, 5) is 0. The van der Waals surface area contributed by atoms with E-state index >= 15 is 0 Å². The van der Waals surface area contributed by atoms with E-state index < -0.39 is 0 Å². The van der Waals surface area contributed by atoms with Crippen LogP contribution in [-0.4, -0.2) is 12.3 Å². The molecule has 2 nitrogen and oxygen atoms in total. The van der Waals surface area contributed by atoms with E-state index in [9.17, 15) is 0 Å². The molecule has 84 valence electrons. The first-order valence-electron chi connectivity index (χ1n) is 6.30. The maximum atomic E-state index is 4.21. The molecule has 2 heteroatoms. The molecule has 1 fully saturated rings. The highest BCUT2D eigenvalue weighted by molar-refractivity contribution is 5.83. The number of fused-ring (bicyclic) bond motifs is 4. The zero-order chi connectivity index (χ0) is 11.0. The summed E-state index contributed by atoms with van der Waals surface area (Å²) >= 11 is 0. The average molecular weight is 206 g/mol. The largest absolute Gasteiger partial charge is 0.303 e. The van der Waals surface area contributed by atoms with Gasteiger partial charge in [0, 0.05) is 0 Å². The maximum absolute atomic E-state index is 4.21. The van der Waals surface area contributed by atoms with Gasteiger partial charge in [0.1, 0.15) is 0 Å². The molecular weight excluding hydrogens is 184 g/mol. The smallest absolute Gasteiger partial charge is 0.0630 e. The lowest BCUT2D eigenvalue weighted by molar-refractivity contribution is 0.427. The summed E-state index contributed by atoms with van der Waals surface area (Å²) in [7, 11) is 0. The van der Waals surface area contributed by atoms with Crippen LogP contribution in [-0.2, 0) is 0 Å². The van der Waals surface area contributed by atoms with Crippen LogP contribution >= 0.6 is 0 Å². The Morgan fingerprint density at radius 1 is 1.27 bits per heavy atom. The normalized spacial score (nSPS) is 40.8. The van der Waals surface area contributed by atoms with Crippen molar-refractivity contribution >= 4 is 6.21 Å². The van der Waals surface area contributed by atoms with E-state index in [0.717, 1.165) is 17.8 Å². The van der Waals surface area contributed by atoms with Crippen LogP contribution < -0.4 is 5.43 Å². The predicted molar refractivity (Wildman–Crippen MR) is 64.8 cm³/mol. The minimum atomic E-state index is 0.484. The molecule has 2 aliphatic carbocycles. The Balaban J connectivity index is 0.000000404. The molecule has 0 aromatic heterocycles. The minimum absolute atomic E-state index is 0.484. The maximum Gasteiger partial charge on any atom is 0.0630 e. The fraction of sp³-hybridized carbons (Fsp3) is 0.769. The minimum Gasteiger partial charge on any atom is -0.303 e. The Kier molecular flexibility index (Phi) is 2.85. The lowest BCUT2D eigenvalue weighted by atomic mass is 9.81. The van der Waals surface area contributed by atoms with Crippen molar-refractivity contribution in [1.29, 1.82) is 0 Å². The van der Waals surface area contributed by atoms with Gasteiger partial charge in [0.15, 0.2) is 0 Å². The molecule has 1 N–H and O–H groups in total. The lowest BCUT2D eigenvalue weighted by Gasteiger charge is -2.29. The molecular formula is C13H22N2. The third-order valence-electron chi connectivity index (χ3n) is 3.99. The molecule has 4 atom stereocenters. The molecule has 0 aromatic rings. The van der Waals surface area contributed by atoms with E-state index in [0.29, 0.717) is 6.04 Å². The summed E-state index contributed by atoms with van der Waals surface area (Å²) in [5, 5.41) is 4.21. The standard InChI is InChI=1S/C11H16N2.C2H6/c1-6-3-8-4-9(6)11-7(2)13-12-5-10(8)11;1-2/h5-9,13H,3-4H2,1-2H3;1-2H3. The van der Waals surface area contributed by atoms with Crippen LogP contribution in [0.15, 0.2) is 16.2 Å². The van der Waals surface area contributed by atoms with Gasteiger partial charge in [-0.25, -0.2) is 0 Å². The zero-order valence-electron chi connectivity index (χ0n) is 10.2. The van der Waals surface area contributed by atoms with Gasteiger partial charge in [0.05, 0.1) is 12.3 Å². The molecule has 3 rings (SSSR count). The summed E-state index contributed by atoms with van der Waals surface area (Å²) in [5.74, 6) is 2.59. The number of nitrogens with one attached hydrogen (secondary N) is 1. The summed E-state index contributed by atoms with van der Waals surface area (Å²) in [6, 6.07) is 0.484. The fourth-order valence-corrected chi connectivity index (χ4v) is 3.42. The summed E-state index contributed by atoms with van der Waals surface area (Å²) in [6.07, 6.45) is 4.85. The van der Waals surface area contributed by atoms with E-state index in [1.807, 2.05) is 13.8 Å². The molecule has 0 saturated heterocycles. The van der Waals surface area contributed by atoms with Crippen LogP contribution in [0, 0.1) is 17.8 Å². The first-order valence-corrected chi connectivity index (χ1v) is 6.30. The quantitative estimate of drug-likeness (QED) is 0.647. The molecule has 0 spiro atoms. The number of allylic oxidation sites excluding steroid dienone is 1. The highest BCUT2D eigenvalue weighted by Gasteiger charge is 2.45. The molecule has 1 heterocycles. The molecule has 0 radical (unpaired) electrons. The second kappa shape index (κ2) is 3.99. The van der Waals surface area contributed by atoms with E-state index in [1.54, 1.807) is 11.1 Å². The van der Waals surface area contributed by atoms with Gasteiger partial charge >= 0.3 is 0 Å². The van der Waals surface area contributed by atoms with Crippen molar-refractivity contribution in [2.75, 3.05) is 0 Å². The summed E-state index contributed by atoms with van der Waals surface area (Å²) < 4.78 is 0. The van der Waals surface area contributed by atoms with Gasteiger partial charge in [-0.3, -0.25) is 0 Å². The van der Waals surface area contributed by atoms with Crippen molar-refractivity contribution in [3.63, 3.8) is 0 Å². The van der Waals surface area contributed by atoms with E-state index in [-0.39, 0.29) is 0 Å². The van der Waals surface area contributed by atoms with Crippen molar-refractivity contribution in [1.82, 2.24) is 5.43 Å².